The first kappa shape index (κ1) is 25.7. The van der Waals surface area contributed by atoms with Crippen LogP contribution < -0.4 is 20.1 Å². The number of imide groups is 1. The van der Waals surface area contributed by atoms with Gasteiger partial charge in [-0.1, -0.05) is 47.5 Å². The molecule has 190 valence electrons. The molecule has 0 atom stereocenters. The van der Waals surface area contributed by atoms with E-state index in [4.69, 9.17) is 21.1 Å². The Morgan fingerprint density at radius 3 is 2.57 bits per heavy atom. The van der Waals surface area contributed by atoms with Crippen LogP contribution in [0.2, 0.25) is 5.02 Å². The van der Waals surface area contributed by atoms with E-state index in [0.29, 0.717) is 16.8 Å². The van der Waals surface area contributed by atoms with Gasteiger partial charge in [0.15, 0.2) is 11.5 Å². The number of halogens is 2. The van der Waals surface area contributed by atoms with Crippen LogP contribution in [0.1, 0.15) is 16.7 Å². The molecule has 0 aliphatic carbocycles. The highest BCUT2D eigenvalue weighted by Crippen LogP contribution is 2.37. The zero-order valence-corrected chi connectivity index (χ0v) is 20.8. The third-order valence-electron chi connectivity index (χ3n) is 5.49. The number of benzene rings is 3. The summed E-state index contributed by atoms with van der Waals surface area (Å²) in [6, 6.07) is 15.7. The van der Waals surface area contributed by atoms with E-state index in [1.807, 2.05) is 19.1 Å². The second kappa shape index (κ2) is 11.1. The Morgan fingerprint density at radius 2 is 1.86 bits per heavy atom. The molecule has 10 heteroatoms. The molecule has 1 aliphatic heterocycles. The number of hydrogen-bond acceptors (Lipinski definition) is 5. The highest BCUT2D eigenvalue weighted by Gasteiger charge is 2.35. The number of carbonyl (C=O) groups is 3. The fraction of sp³-hybridized carbons (Fsp3) is 0.148. The van der Waals surface area contributed by atoms with Crippen LogP contribution in [-0.2, 0) is 16.2 Å². The maximum Gasteiger partial charge on any atom is 0.329 e. The predicted molar refractivity (Wildman–Crippen MR) is 137 cm³/mol. The Morgan fingerprint density at radius 1 is 1.14 bits per heavy atom. The number of methoxy groups -OCH3 is 1. The third-order valence-corrected chi connectivity index (χ3v) is 5.77. The minimum atomic E-state index is -0.724. The van der Waals surface area contributed by atoms with Crippen molar-refractivity contribution in [3.8, 4) is 11.5 Å². The number of nitrogens with zero attached hydrogens (tertiary/aromatic N) is 1. The van der Waals surface area contributed by atoms with Crippen molar-refractivity contribution in [2.24, 2.45) is 0 Å². The van der Waals surface area contributed by atoms with Crippen LogP contribution in [0, 0.1) is 12.7 Å². The molecule has 2 N–H and O–H groups in total. The van der Waals surface area contributed by atoms with Gasteiger partial charge in [0.05, 0.1) is 12.1 Å². The fourth-order valence-corrected chi connectivity index (χ4v) is 3.87. The Hall–Kier alpha value is -4.37. The van der Waals surface area contributed by atoms with Crippen LogP contribution in [0.15, 0.2) is 66.4 Å². The molecule has 3 aromatic carbocycles. The molecule has 1 aliphatic rings. The monoisotopic (exact) mass is 523 g/mol. The number of hydrogen-bond donors (Lipinski definition) is 2. The number of urea groups is 1. The van der Waals surface area contributed by atoms with Gasteiger partial charge in [-0.2, -0.15) is 0 Å². The second-order valence-electron chi connectivity index (χ2n) is 8.21. The van der Waals surface area contributed by atoms with Crippen molar-refractivity contribution in [1.29, 1.82) is 0 Å². The molecule has 0 unspecified atom stereocenters. The van der Waals surface area contributed by atoms with E-state index in [-0.39, 0.29) is 28.8 Å². The van der Waals surface area contributed by atoms with E-state index in [1.165, 1.54) is 25.3 Å². The van der Waals surface area contributed by atoms with Crippen LogP contribution in [0.3, 0.4) is 0 Å². The van der Waals surface area contributed by atoms with Crippen LogP contribution in [0.4, 0.5) is 14.9 Å². The van der Waals surface area contributed by atoms with Crippen molar-refractivity contribution in [1.82, 2.24) is 10.2 Å². The summed E-state index contributed by atoms with van der Waals surface area (Å²) in [5.41, 5.74) is 2.33. The molecular formula is C27H23ClFN3O5. The average molecular weight is 524 g/mol. The fourth-order valence-electron chi connectivity index (χ4n) is 3.59. The van der Waals surface area contributed by atoms with Crippen molar-refractivity contribution in [2.45, 2.75) is 13.5 Å². The third kappa shape index (κ3) is 6.07. The van der Waals surface area contributed by atoms with E-state index in [2.05, 4.69) is 10.6 Å². The number of rotatable bonds is 8. The molecule has 4 rings (SSSR count). The van der Waals surface area contributed by atoms with Gasteiger partial charge >= 0.3 is 6.03 Å². The van der Waals surface area contributed by atoms with Gasteiger partial charge in [-0.05, 0) is 48.9 Å². The highest BCUT2D eigenvalue weighted by atomic mass is 35.5. The Kier molecular flexibility index (Phi) is 7.74. The SMILES string of the molecule is COc1cc(/C=C2/NC(=O)N(CC(=O)Nc3ccc(C)cc3)C2=O)cc(Cl)c1OCc1ccccc1F. The van der Waals surface area contributed by atoms with Crippen molar-refractivity contribution >= 4 is 41.2 Å². The smallest absolute Gasteiger partial charge is 0.329 e. The van der Waals surface area contributed by atoms with Gasteiger partial charge in [-0.25, -0.2) is 14.1 Å². The molecule has 0 bridgehead atoms. The van der Waals surface area contributed by atoms with Crippen molar-refractivity contribution in [3.05, 3.63) is 93.9 Å². The van der Waals surface area contributed by atoms with Gasteiger partial charge in [0.25, 0.3) is 5.91 Å². The largest absolute Gasteiger partial charge is 0.493 e. The quantitative estimate of drug-likeness (QED) is 0.323. The van der Waals surface area contributed by atoms with Crippen molar-refractivity contribution in [2.75, 3.05) is 19.0 Å². The molecule has 4 amide bonds. The molecule has 3 aromatic rings. The predicted octanol–water partition coefficient (Wildman–Crippen LogP) is 4.91. The second-order valence-corrected chi connectivity index (χ2v) is 8.62. The number of anilines is 1. The van der Waals surface area contributed by atoms with Crippen molar-refractivity contribution in [3.63, 3.8) is 0 Å². The molecular weight excluding hydrogens is 501 g/mol. The molecule has 1 heterocycles. The molecule has 0 aromatic heterocycles. The summed E-state index contributed by atoms with van der Waals surface area (Å²) in [4.78, 5) is 38.4. The Balaban J connectivity index is 1.47. The lowest BCUT2D eigenvalue weighted by Crippen LogP contribution is -2.38. The minimum absolute atomic E-state index is 0.0359. The van der Waals surface area contributed by atoms with Gasteiger partial charge in [-0.15, -0.1) is 0 Å². The van der Waals surface area contributed by atoms with Gasteiger partial charge in [-0.3, -0.25) is 9.59 Å². The topological polar surface area (TPSA) is 97.0 Å². The van der Waals surface area contributed by atoms with E-state index in [1.54, 1.807) is 36.4 Å². The van der Waals surface area contributed by atoms with Crippen LogP contribution in [-0.4, -0.2) is 36.4 Å². The first-order valence-corrected chi connectivity index (χ1v) is 11.6. The molecule has 0 spiro atoms. The van der Waals surface area contributed by atoms with Crippen LogP contribution in [0.5, 0.6) is 11.5 Å². The molecule has 37 heavy (non-hydrogen) atoms. The lowest BCUT2D eigenvalue weighted by atomic mass is 10.1. The summed E-state index contributed by atoms with van der Waals surface area (Å²) in [6.07, 6.45) is 1.41. The van der Waals surface area contributed by atoms with Crippen LogP contribution >= 0.6 is 11.6 Å². The highest BCUT2D eigenvalue weighted by molar-refractivity contribution is 6.32. The number of aryl methyl sites for hydroxylation is 1. The zero-order chi connectivity index (χ0) is 26.5. The molecule has 1 saturated heterocycles. The van der Waals surface area contributed by atoms with Crippen LogP contribution in [0.25, 0.3) is 6.08 Å². The lowest BCUT2D eigenvalue weighted by Gasteiger charge is -2.14. The summed E-state index contributed by atoms with van der Waals surface area (Å²) >= 11 is 6.39. The zero-order valence-electron chi connectivity index (χ0n) is 20.0. The molecule has 0 saturated carbocycles. The number of nitrogens with one attached hydrogen (secondary N) is 2. The molecule has 8 nitrogen and oxygen atoms in total. The molecule has 1 fully saturated rings. The van der Waals surface area contributed by atoms with E-state index >= 15 is 0 Å². The van der Waals surface area contributed by atoms with Gasteiger partial charge in [0.1, 0.15) is 24.7 Å². The van der Waals surface area contributed by atoms with Crippen molar-refractivity contribution < 1.29 is 28.2 Å². The van der Waals surface area contributed by atoms with E-state index in [0.717, 1.165) is 10.5 Å². The number of ether oxygens (including phenoxy) is 2. The molecule has 0 radical (unpaired) electrons. The normalized spacial score (nSPS) is 14.1. The summed E-state index contributed by atoms with van der Waals surface area (Å²) in [6.45, 7) is 1.39. The van der Waals surface area contributed by atoms with E-state index in [9.17, 15) is 18.8 Å². The number of amides is 4. The average Bonchev–Trinajstić information content (AvgIpc) is 3.12. The summed E-state index contributed by atoms with van der Waals surface area (Å²) in [5, 5.41) is 5.28. The first-order chi connectivity index (χ1) is 17.7. The maximum atomic E-state index is 13.9. The van der Waals surface area contributed by atoms with E-state index < -0.39 is 30.2 Å². The Labute approximate surface area is 217 Å². The summed E-state index contributed by atoms with van der Waals surface area (Å²) < 4.78 is 25.0. The maximum absolute atomic E-state index is 13.9. The van der Waals surface area contributed by atoms with Gasteiger partial charge in [0.2, 0.25) is 5.91 Å². The number of carbonyl (C=O) groups excluding carboxylic acids is 3. The van der Waals surface area contributed by atoms with Gasteiger partial charge in [0, 0.05) is 11.3 Å². The summed E-state index contributed by atoms with van der Waals surface area (Å²) in [7, 11) is 1.41. The lowest BCUT2D eigenvalue weighted by molar-refractivity contribution is -0.127. The minimum Gasteiger partial charge on any atom is -0.493 e. The summed E-state index contributed by atoms with van der Waals surface area (Å²) in [5.74, 6) is -1.15. The Bertz CT molecular complexity index is 1390. The standard InChI is InChI=1S/C27H23ClFN3O5/c1-16-7-9-19(10-8-16)30-24(33)14-32-26(34)22(31-27(32)35)12-17-11-20(28)25(23(13-17)36-2)37-15-18-5-3-4-6-21(18)29/h3-13H,14-15H2,1-2H3,(H,30,33)(H,31,35)/b22-12+. The first-order valence-electron chi connectivity index (χ1n) is 11.2. The van der Waals surface area contributed by atoms with Gasteiger partial charge < -0.3 is 20.1 Å².